The fourth-order valence-corrected chi connectivity index (χ4v) is 6.17. The molecular formula is C30H35Cl2N3O4S. The number of sulfonamides is 1. The smallest absolute Gasteiger partial charge is 0.264 e. The Bertz CT molecular complexity index is 1440. The highest BCUT2D eigenvalue weighted by atomic mass is 35.5. The predicted molar refractivity (Wildman–Crippen MR) is 161 cm³/mol. The van der Waals surface area contributed by atoms with E-state index in [-0.39, 0.29) is 23.4 Å². The summed E-state index contributed by atoms with van der Waals surface area (Å²) in [5, 5.41) is 3.87. The lowest BCUT2D eigenvalue weighted by Crippen LogP contribution is -2.53. The van der Waals surface area contributed by atoms with Crippen LogP contribution in [0, 0.1) is 13.8 Å². The van der Waals surface area contributed by atoms with Crippen LogP contribution in [0.5, 0.6) is 0 Å². The molecule has 0 aliphatic rings. The molecule has 0 aromatic heterocycles. The maximum absolute atomic E-state index is 14.1. The minimum Gasteiger partial charge on any atom is -0.352 e. The van der Waals surface area contributed by atoms with E-state index in [1.165, 1.54) is 17.0 Å². The highest BCUT2D eigenvalue weighted by Crippen LogP contribution is 2.30. The Kier molecular flexibility index (Phi) is 10.6. The van der Waals surface area contributed by atoms with E-state index in [0.717, 1.165) is 15.4 Å². The van der Waals surface area contributed by atoms with Crippen molar-refractivity contribution in [2.75, 3.05) is 10.8 Å². The lowest BCUT2D eigenvalue weighted by Gasteiger charge is -2.34. The van der Waals surface area contributed by atoms with Gasteiger partial charge >= 0.3 is 0 Å². The Morgan fingerprint density at radius 1 is 0.900 bits per heavy atom. The van der Waals surface area contributed by atoms with Crippen LogP contribution in [0.25, 0.3) is 0 Å². The molecule has 0 radical (unpaired) electrons. The standard InChI is InChI=1S/C30H35Cl2N3O4S/c1-6-27(30(37)33-20(2)3)34(18-23-9-11-24(31)12-10-23)29(36)19-35(28-16-13-25(32)17-22(28)5)40(38,39)26-14-7-21(4)8-15-26/h7-17,20,27H,6,18-19H2,1-5H3,(H,33,37). The zero-order valence-electron chi connectivity index (χ0n) is 23.3. The molecule has 2 amide bonds. The first-order valence-corrected chi connectivity index (χ1v) is 15.2. The van der Waals surface area contributed by atoms with Gasteiger partial charge in [0.15, 0.2) is 0 Å². The van der Waals surface area contributed by atoms with E-state index in [1.807, 2.05) is 27.7 Å². The Morgan fingerprint density at radius 2 is 1.50 bits per heavy atom. The molecule has 1 atom stereocenters. The third-order valence-electron chi connectivity index (χ3n) is 6.40. The molecule has 10 heteroatoms. The van der Waals surface area contributed by atoms with Crippen LogP contribution in [0.2, 0.25) is 10.0 Å². The summed E-state index contributed by atoms with van der Waals surface area (Å²) in [6.45, 7) is 8.68. The number of nitrogens with one attached hydrogen (secondary N) is 1. The molecule has 0 saturated heterocycles. The number of amides is 2. The summed E-state index contributed by atoms with van der Waals surface area (Å²) in [6, 6.07) is 17.3. The predicted octanol–water partition coefficient (Wildman–Crippen LogP) is 6.14. The molecule has 3 aromatic rings. The molecule has 0 saturated carbocycles. The van der Waals surface area contributed by atoms with Crippen LogP contribution in [-0.4, -0.2) is 43.8 Å². The summed E-state index contributed by atoms with van der Waals surface area (Å²) in [5.41, 5.74) is 2.57. The Hall–Kier alpha value is -3.07. The Balaban J connectivity index is 2.09. The van der Waals surface area contributed by atoms with E-state index in [9.17, 15) is 18.0 Å². The highest BCUT2D eigenvalue weighted by Gasteiger charge is 2.34. The normalized spacial score (nSPS) is 12.2. The van der Waals surface area contributed by atoms with E-state index < -0.39 is 28.5 Å². The molecule has 0 spiro atoms. The van der Waals surface area contributed by atoms with Crippen LogP contribution in [0.15, 0.2) is 71.6 Å². The molecule has 1 N–H and O–H groups in total. The van der Waals surface area contributed by atoms with Gasteiger partial charge in [-0.2, -0.15) is 0 Å². The first-order chi connectivity index (χ1) is 18.8. The molecule has 0 fully saturated rings. The number of hydrogen-bond donors (Lipinski definition) is 1. The van der Waals surface area contributed by atoms with Gasteiger partial charge in [0.25, 0.3) is 10.0 Å². The zero-order valence-corrected chi connectivity index (χ0v) is 25.6. The SMILES string of the molecule is CCC(C(=O)NC(C)C)N(Cc1ccc(Cl)cc1)C(=O)CN(c1ccc(Cl)cc1C)S(=O)(=O)c1ccc(C)cc1. The number of aryl methyl sites for hydroxylation is 2. The van der Waals surface area contributed by atoms with Gasteiger partial charge in [0, 0.05) is 22.6 Å². The minimum atomic E-state index is -4.16. The van der Waals surface area contributed by atoms with Gasteiger partial charge in [-0.3, -0.25) is 13.9 Å². The molecule has 0 aliphatic heterocycles. The molecule has 0 heterocycles. The number of hydrogen-bond acceptors (Lipinski definition) is 4. The van der Waals surface area contributed by atoms with E-state index in [2.05, 4.69) is 5.32 Å². The van der Waals surface area contributed by atoms with Gasteiger partial charge in [0.2, 0.25) is 11.8 Å². The second-order valence-electron chi connectivity index (χ2n) is 9.99. The third-order valence-corrected chi connectivity index (χ3v) is 8.66. The number of halogens is 2. The van der Waals surface area contributed by atoms with Crippen LogP contribution >= 0.6 is 23.2 Å². The van der Waals surface area contributed by atoms with Crippen molar-refractivity contribution < 1.29 is 18.0 Å². The number of benzene rings is 3. The first-order valence-electron chi connectivity index (χ1n) is 13.0. The lowest BCUT2D eigenvalue weighted by atomic mass is 10.1. The minimum absolute atomic E-state index is 0.0501. The second kappa shape index (κ2) is 13.5. The van der Waals surface area contributed by atoms with E-state index >= 15 is 0 Å². The van der Waals surface area contributed by atoms with Crippen molar-refractivity contribution in [1.82, 2.24) is 10.2 Å². The molecule has 214 valence electrons. The van der Waals surface area contributed by atoms with Crippen molar-refractivity contribution in [3.8, 4) is 0 Å². The molecular weight excluding hydrogens is 569 g/mol. The van der Waals surface area contributed by atoms with Gasteiger partial charge in [-0.1, -0.05) is 60.0 Å². The lowest BCUT2D eigenvalue weighted by molar-refractivity contribution is -0.140. The number of carbonyl (C=O) groups is 2. The fourth-order valence-electron chi connectivity index (χ4n) is 4.34. The fraction of sp³-hybridized carbons (Fsp3) is 0.333. The average Bonchev–Trinajstić information content (AvgIpc) is 2.88. The summed E-state index contributed by atoms with van der Waals surface area (Å²) in [5.74, 6) is -0.832. The van der Waals surface area contributed by atoms with Crippen molar-refractivity contribution >= 4 is 50.7 Å². The average molecular weight is 605 g/mol. The Morgan fingerprint density at radius 3 is 2.05 bits per heavy atom. The van der Waals surface area contributed by atoms with E-state index in [4.69, 9.17) is 23.2 Å². The van der Waals surface area contributed by atoms with Gasteiger partial charge in [-0.25, -0.2) is 8.42 Å². The number of anilines is 1. The van der Waals surface area contributed by atoms with Crippen LogP contribution in [-0.2, 0) is 26.2 Å². The quantitative estimate of drug-likeness (QED) is 0.285. The van der Waals surface area contributed by atoms with Crippen LogP contribution in [0.1, 0.15) is 43.9 Å². The van der Waals surface area contributed by atoms with Crippen LogP contribution in [0.4, 0.5) is 5.69 Å². The zero-order chi connectivity index (χ0) is 29.6. The number of nitrogens with zero attached hydrogens (tertiary/aromatic N) is 2. The topological polar surface area (TPSA) is 86.8 Å². The molecule has 0 bridgehead atoms. The third kappa shape index (κ3) is 7.77. The molecule has 40 heavy (non-hydrogen) atoms. The van der Waals surface area contributed by atoms with Crippen LogP contribution in [0.3, 0.4) is 0 Å². The van der Waals surface area contributed by atoms with Gasteiger partial charge in [0.1, 0.15) is 12.6 Å². The van der Waals surface area contributed by atoms with Crippen molar-refractivity contribution in [3.63, 3.8) is 0 Å². The van der Waals surface area contributed by atoms with E-state index in [0.29, 0.717) is 27.7 Å². The molecule has 1 unspecified atom stereocenters. The van der Waals surface area contributed by atoms with Gasteiger partial charge in [0.05, 0.1) is 10.6 Å². The molecule has 0 aliphatic carbocycles. The molecule has 3 rings (SSSR count). The summed E-state index contributed by atoms with van der Waals surface area (Å²) in [4.78, 5) is 28.8. The maximum Gasteiger partial charge on any atom is 0.264 e. The number of carbonyl (C=O) groups excluding carboxylic acids is 2. The van der Waals surface area contributed by atoms with Crippen molar-refractivity contribution in [3.05, 3.63) is 93.5 Å². The van der Waals surface area contributed by atoms with Crippen molar-refractivity contribution in [2.24, 2.45) is 0 Å². The van der Waals surface area contributed by atoms with Crippen molar-refractivity contribution in [2.45, 2.75) is 64.6 Å². The van der Waals surface area contributed by atoms with Gasteiger partial charge < -0.3 is 10.2 Å². The maximum atomic E-state index is 14.1. The second-order valence-corrected chi connectivity index (χ2v) is 12.7. The van der Waals surface area contributed by atoms with Gasteiger partial charge in [-0.15, -0.1) is 0 Å². The van der Waals surface area contributed by atoms with E-state index in [1.54, 1.807) is 61.5 Å². The highest BCUT2D eigenvalue weighted by molar-refractivity contribution is 7.92. The van der Waals surface area contributed by atoms with Crippen molar-refractivity contribution in [1.29, 1.82) is 0 Å². The molecule has 7 nitrogen and oxygen atoms in total. The summed E-state index contributed by atoms with van der Waals surface area (Å²) in [6.07, 6.45) is 0.336. The molecule has 3 aromatic carbocycles. The van der Waals surface area contributed by atoms with Gasteiger partial charge in [-0.05, 0) is 87.7 Å². The largest absolute Gasteiger partial charge is 0.352 e. The summed E-state index contributed by atoms with van der Waals surface area (Å²) >= 11 is 12.2. The number of rotatable bonds is 11. The Labute approximate surface area is 247 Å². The summed E-state index contributed by atoms with van der Waals surface area (Å²) in [7, 11) is -4.16. The summed E-state index contributed by atoms with van der Waals surface area (Å²) < 4.78 is 29.1. The monoisotopic (exact) mass is 603 g/mol. The first kappa shape index (κ1) is 31.5. The van der Waals surface area contributed by atoms with Crippen LogP contribution < -0.4 is 9.62 Å².